The van der Waals surface area contributed by atoms with Crippen molar-refractivity contribution in [2.24, 2.45) is 5.73 Å². The Bertz CT molecular complexity index is 154. The fourth-order valence-electron chi connectivity index (χ4n) is 1.90. The van der Waals surface area contributed by atoms with E-state index in [1.807, 2.05) is 0 Å². The van der Waals surface area contributed by atoms with Crippen LogP contribution in [-0.4, -0.2) is 55.4 Å². The second kappa shape index (κ2) is 4.91. The maximum absolute atomic E-state index is 8.67. The van der Waals surface area contributed by atoms with Gasteiger partial charge in [0.15, 0.2) is 0 Å². The summed E-state index contributed by atoms with van der Waals surface area (Å²) in [5, 5.41) is 12.1. The largest absolute Gasteiger partial charge is 0.396 e. The number of nitrogens with zero attached hydrogens (tertiary/aromatic N) is 1. The lowest BCUT2D eigenvalue weighted by Crippen LogP contribution is -2.53. The molecule has 0 bridgehead atoms. The van der Waals surface area contributed by atoms with Crippen molar-refractivity contribution in [1.82, 2.24) is 10.2 Å². The Labute approximate surface area is 80.1 Å². The van der Waals surface area contributed by atoms with Gasteiger partial charge in [0.1, 0.15) is 0 Å². The summed E-state index contributed by atoms with van der Waals surface area (Å²) in [6, 6.07) is 0. The van der Waals surface area contributed by atoms with Gasteiger partial charge in [-0.25, -0.2) is 0 Å². The molecule has 0 amide bonds. The molecule has 1 atom stereocenters. The van der Waals surface area contributed by atoms with Crippen molar-refractivity contribution >= 4 is 0 Å². The summed E-state index contributed by atoms with van der Waals surface area (Å²) < 4.78 is 0. The Kier molecular flexibility index (Phi) is 4.12. The van der Waals surface area contributed by atoms with E-state index in [4.69, 9.17) is 10.8 Å². The third-order valence-corrected chi connectivity index (χ3v) is 2.77. The van der Waals surface area contributed by atoms with E-state index in [1.165, 1.54) is 0 Å². The highest BCUT2D eigenvalue weighted by atomic mass is 16.3. The zero-order valence-corrected chi connectivity index (χ0v) is 8.42. The van der Waals surface area contributed by atoms with Gasteiger partial charge in [-0.3, -0.25) is 0 Å². The van der Waals surface area contributed by atoms with Crippen molar-refractivity contribution in [2.45, 2.75) is 18.4 Å². The fraction of sp³-hybridized carbons (Fsp3) is 1.00. The van der Waals surface area contributed by atoms with Gasteiger partial charge < -0.3 is 21.1 Å². The zero-order valence-electron chi connectivity index (χ0n) is 8.42. The molecule has 0 aromatic rings. The first kappa shape index (κ1) is 10.9. The second-order valence-corrected chi connectivity index (χ2v) is 3.98. The molecule has 78 valence electrons. The molecule has 4 N–H and O–H groups in total. The minimum Gasteiger partial charge on any atom is -0.396 e. The molecule has 1 unspecified atom stereocenters. The SMILES string of the molecule is CN1CCC(CN)(NCCCO)C1. The van der Waals surface area contributed by atoms with Crippen LogP contribution in [0.25, 0.3) is 0 Å². The molecule has 1 heterocycles. The molecule has 0 aliphatic carbocycles. The van der Waals surface area contributed by atoms with Crippen molar-refractivity contribution in [3.8, 4) is 0 Å². The van der Waals surface area contributed by atoms with Crippen molar-refractivity contribution in [3.05, 3.63) is 0 Å². The Balaban J connectivity index is 2.32. The summed E-state index contributed by atoms with van der Waals surface area (Å²) in [6.07, 6.45) is 1.93. The van der Waals surface area contributed by atoms with Crippen LogP contribution in [0.15, 0.2) is 0 Å². The van der Waals surface area contributed by atoms with Crippen LogP contribution in [0.1, 0.15) is 12.8 Å². The summed E-state index contributed by atoms with van der Waals surface area (Å²) in [7, 11) is 2.12. The fourth-order valence-corrected chi connectivity index (χ4v) is 1.90. The molecule has 1 aliphatic heterocycles. The Morgan fingerprint density at radius 3 is 2.85 bits per heavy atom. The van der Waals surface area contributed by atoms with E-state index in [-0.39, 0.29) is 12.1 Å². The second-order valence-electron chi connectivity index (χ2n) is 3.98. The molecule has 1 saturated heterocycles. The smallest absolute Gasteiger partial charge is 0.0444 e. The standard InChI is InChI=1S/C9H21N3O/c1-12-5-3-9(7-10,8-12)11-4-2-6-13/h11,13H,2-8,10H2,1H3. The topological polar surface area (TPSA) is 61.5 Å². The van der Waals surface area contributed by atoms with E-state index in [9.17, 15) is 0 Å². The quantitative estimate of drug-likeness (QED) is 0.483. The molecular formula is C9H21N3O. The normalized spacial score (nSPS) is 29.8. The lowest BCUT2D eigenvalue weighted by atomic mass is 9.99. The summed E-state index contributed by atoms with van der Waals surface area (Å²) in [6.45, 7) is 3.94. The predicted molar refractivity (Wildman–Crippen MR) is 53.6 cm³/mol. The van der Waals surface area contributed by atoms with Crippen molar-refractivity contribution in [3.63, 3.8) is 0 Å². The number of hydrogen-bond donors (Lipinski definition) is 3. The summed E-state index contributed by atoms with van der Waals surface area (Å²) in [5.41, 5.74) is 5.86. The number of nitrogens with one attached hydrogen (secondary N) is 1. The van der Waals surface area contributed by atoms with Gasteiger partial charge in [-0.2, -0.15) is 0 Å². The number of aliphatic hydroxyl groups excluding tert-OH is 1. The van der Waals surface area contributed by atoms with Crippen LogP contribution < -0.4 is 11.1 Å². The minimum absolute atomic E-state index is 0.101. The van der Waals surface area contributed by atoms with E-state index in [1.54, 1.807) is 0 Å². The highest BCUT2D eigenvalue weighted by Crippen LogP contribution is 2.18. The van der Waals surface area contributed by atoms with E-state index in [0.717, 1.165) is 32.5 Å². The van der Waals surface area contributed by atoms with Gasteiger partial charge >= 0.3 is 0 Å². The monoisotopic (exact) mass is 187 g/mol. The van der Waals surface area contributed by atoms with Crippen LogP contribution in [0.3, 0.4) is 0 Å². The first-order chi connectivity index (χ1) is 6.22. The van der Waals surface area contributed by atoms with E-state index in [0.29, 0.717) is 6.54 Å². The Morgan fingerprint density at radius 2 is 2.38 bits per heavy atom. The van der Waals surface area contributed by atoms with Crippen LogP contribution in [0.5, 0.6) is 0 Å². The Morgan fingerprint density at radius 1 is 1.62 bits per heavy atom. The number of aliphatic hydroxyl groups is 1. The molecule has 4 nitrogen and oxygen atoms in total. The molecule has 0 spiro atoms. The molecule has 0 saturated carbocycles. The average Bonchev–Trinajstić information content (AvgIpc) is 2.49. The Hall–Kier alpha value is -0.160. The summed E-state index contributed by atoms with van der Waals surface area (Å²) in [5.74, 6) is 0. The van der Waals surface area contributed by atoms with Gasteiger partial charge in [0.25, 0.3) is 0 Å². The first-order valence-corrected chi connectivity index (χ1v) is 4.97. The number of nitrogens with two attached hydrogens (primary N) is 1. The van der Waals surface area contributed by atoms with Gasteiger partial charge in [-0.1, -0.05) is 0 Å². The number of likely N-dealkylation sites (N-methyl/N-ethyl adjacent to an activating group) is 1. The van der Waals surface area contributed by atoms with Crippen LogP contribution in [-0.2, 0) is 0 Å². The molecule has 0 radical (unpaired) electrons. The van der Waals surface area contributed by atoms with Crippen molar-refractivity contribution in [1.29, 1.82) is 0 Å². The summed E-state index contributed by atoms with van der Waals surface area (Å²) in [4.78, 5) is 2.29. The van der Waals surface area contributed by atoms with Crippen LogP contribution in [0, 0.1) is 0 Å². The van der Waals surface area contributed by atoms with Crippen LogP contribution in [0.4, 0.5) is 0 Å². The molecule has 13 heavy (non-hydrogen) atoms. The third-order valence-electron chi connectivity index (χ3n) is 2.77. The van der Waals surface area contributed by atoms with Crippen molar-refractivity contribution < 1.29 is 5.11 Å². The lowest BCUT2D eigenvalue weighted by molar-refractivity contribution is 0.265. The maximum Gasteiger partial charge on any atom is 0.0444 e. The average molecular weight is 187 g/mol. The molecular weight excluding hydrogens is 166 g/mol. The van der Waals surface area contributed by atoms with E-state index in [2.05, 4.69) is 17.3 Å². The number of likely N-dealkylation sites (tertiary alicyclic amines) is 1. The van der Waals surface area contributed by atoms with Gasteiger partial charge in [0, 0.05) is 25.2 Å². The van der Waals surface area contributed by atoms with Gasteiger partial charge in [0.2, 0.25) is 0 Å². The highest BCUT2D eigenvalue weighted by molar-refractivity contribution is 4.97. The molecule has 1 aliphatic rings. The number of rotatable bonds is 5. The highest BCUT2D eigenvalue weighted by Gasteiger charge is 2.34. The lowest BCUT2D eigenvalue weighted by Gasteiger charge is -2.28. The third kappa shape index (κ3) is 2.91. The van der Waals surface area contributed by atoms with E-state index < -0.39 is 0 Å². The number of hydrogen-bond acceptors (Lipinski definition) is 4. The minimum atomic E-state index is 0.101. The van der Waals surface area contributed by atoms with Crippen LogP contribution in [0.2, 0.25) is 0 Å². The molecule has 1 rings (SSSR count). The predicted octanol–water partition coefficient (Wildman–Crippen LogP) is -1.01. The molecule has 0 aromatic carbocycles. The van der Waals surface area contributed by atoms with Gasteiger partial charge in [-0.05, 0) is 33.0 Å². The van der Waals surface area contributed by atoms with Crippen molar-refractivity contribution in [2.75, 3.05) is 39.8 Å². The zero-order chi connectivity index (χ0) is 9.73. The first-order valence-electron chi connectivity index (χ1n) is 4.97. The maximum atomic E-state index is 8.67. The van der Waals surface area contributed by atoms with Gasteiger partial charge in [0.05, 0.1) is 0 Å². The molecule has 0 aromatic heterocycles. The van der Waals surface area contributed by atoms with Gasteiger partial charge in [-0.15, -0.1) is 0 Å². The van der Waals surface area contributed by atoms with E-state index >= 15 is 0 Å². The molecule has 1 fully saturated rings. The van der Waals surface area contributed by atoms with Crippen LogP contribution >= 0.6 is 0 Å². The summed E-state index contributed by atoms with van der Waals surface area (Å²) >= 11 is 0. The molecule has 4 heteroatoms.